The standard InChI is InChI=1S/C29H34N4O2/c34-23-12-9-20(10-13-23)18-30-31-28(35)19-32-15-16-33-26-14-11-22(21-5-2-1-3-6-21)17-25(26)24-7-4-8-27(32)29(24)33/h9-14,17-18,21,27,34H,1-8,15-16,19H2,(H,31,35)/t27-/m1/s1. The zero-order valence-corrected chi connectivity index (χ0v) is 20.2. The number of hydrogen-bond acceptors (Lipinski definition) is 4. The fourth-order valence-corrected chi connectivity index (χ4v) is 6.53. The number of hydrogen-bond donors (Lipinski definition) is 2. The summed E-state index contributed by atoms with van der Waals surface area (Å²) in [6.07, 6.45) is 11.8. The van der Waals surface area contributed by atoms with Crippen LogP contribution in [0.4, 0.5) is 0 Å². The fourth-order valence-electron chi connectivity index (χ4n) is 6.53. The number of carbonyl (C=O) groups excluding carboxylic acids is 1. The van der Waals surface area contributed by atoms with E-state index in [0.29, 0.717) is 12.6 Å². The van der Waals surface area contributed by atoms with Crippen LogP contribution in [-0.4, -0.2) is 39.8 Å². The molecule has 0 bridgehead atoms. The van der Waals surface area contributed by atoms with Crippen LogP contribution in [0.1, 0.15) is 79.3 Å². The van der Waals surface area contributed by atoms with Gasteiger partial charge in [0, 0.05) is 29.7 Å². The number of benzene rings is 2. The van der Waals surface area contributed by atoms with E-state index < -0.39 is 0 Å². The topological polar surface area (TPSA) is 69.9 Å². The van der Waals surface area contributed by atoms with Gasteiger partial charge in [-0.1, -0.05) is 25.3 Å². The van der Waals surface area contributed by atoms with Gasteiger partial charge in [-0.25, -0.2) is 5.43 Å². The van der Waals surface area contributed by atoms with Crippen LogP contribution in [0.5, 0.6) is 5.75 Å². The molecule has 1 aromatic heterocycles. The van der Waals surface area contributed by atoms with Gasteiger partial charge < -0.3 is 9.67 Å². The van der Waals surface area contributed by atoms with E-state index in [2.05, 4.69) is 38.2 Å². The smallest absolute Gasteiger partial charge is 0.254 e. The Morgan fingerprint density at radius 3 is 2.69 bits per heavy atom. The summed E-state index contributed by atoms with van der Waals surface area (Å²) >= 11 is 0. The normalized spacial score (nSPS) is 20.9. The Hall–Kier alpha value is -3.12. The number of phenols is 1. The summed E-state index contributed by atoms with van der Waals surface area (Å²) in [6.45, 7) is 2.15. The average Bonchev–Trinajstić information content (AvgIpc) is 3.22. The largest absolute Gasteiger partial charge is 0.508 e. The van der Waals surface area contributed by atoms with Crippen LogP contribution in [0.2, 0.25) is 0 Å². The molecule has 3 aliphatic rings. The van der Waals surface area contributed by atoms with Crippen molar-refractivity contribution in [2.75, 3.05) is 13.1 Å². The lowest BCUT2D eigenvalue weighted by Crippen LogP contribution is -2.44. The van der Waals surface area contributed by atoms with E-state index in [0.717, 1.165) is 37.4 Å². The number of phenolic OH excluding ortho intramolecular Hbond substituents is 1. The van der Waals surface area contributed by atoms with E-state index in [1.807, 2.05) is 0 Å². The second-order valence-electron chi connectivity index (χ2n) is 10.4. The highest BCUT2D eigenvalue weighted by Gasteiger charge is 2.35. The Bertz CT molecular complexity index is 1250. The minimum Gasteiger partial charge on any atom is -0.508 e. The maximum atomic E-state index is 12.7. The third kappa shape index (κ3) is 4.36. The van der Waals surface area contributed by atoms with E-state index in [9.17, 15) is 9.90 Å². The van der Waals surface area contributed by atoms with Gasteiger partial charge in [-0.2, -0.15) is 5.10 Å². The Labute approximate surface area is 206 Å². The monoisotopic (exact) mass is 470 g/mol. The summed E-state index contributed by atoms with van der Waals surface area (Å²) < 4.78 is 2.54. The van der Waals surface area contributed by atoms with Gasteiger partial charge in [0.05, 0.1) is 18.8 Å². The first kappa shape index (κ1) is 22.4. The molecular formula is C29H34N4O2. The zero-order valence-electron chi connectivity index (χ0n) is 20.2. The van der Waals surface area contributed by atoms with Crippen LogP contribution in [0.3, 0.4) is 0 Å². The highest BCUT2D eigenvalue weighted by Crippen LogP contribution is 2.44. The first-order valence-electron chi connectivity index (χ1n) is 13.2. The van der Waals surface area contributed by atoms with Gasteiger partial charge in [-0.3, -0.25) is 9.69 Å². The number of rotatable bonds is 5. The van der Waals surface area contributed by atoms with E-state index in [1.54, 1.807) is 30.5 Å². The minimum atomic E-state index is -0.0868. The van der Waals surface area contributed by atoms with Gasteiger partial charge in [0.2, 0.25) is 0 Å². The van der Waals surface area contributed by atoms with Crippen molar-refractivity contribution < 1.29 is 9.90 Å². The molecule has 0 saturated heterocycles. The molecule has 3 aromatic rings. The predicted octanol–water partition coefficient (Wildman–Crippen LogP) is 5.24. The van der Waals surface area contributed by atoms with Gasteiger partial charge in [-0.15, -0.1) is 0 Å². The Kier molecular flexibility index (Phi) is 6.06. The number of carbonyl (C=O) groups is 1. The molecule has 0 spiro atoms. The maximum absolute atomic E-state index is 12.7. The van der Waals surface area contributed by atoms with Crippen LogP contribution < -0.4 is 5.43 Å². The van der Waals surface area contributed by atoms with E-state index in [1.165, 1.54) is 66.2 Å². The van der Waals surface area contributed by atoms with Crippen molar-refractivity contribution in [2.45, 2.75) is 69.9 Å². The first-order valence-corrected chi connectivity index (χ1v) is 13.2. The van der Waals surface area contributed by atoms with E-state index in [4.69, 9.17) is 0 Å². The van der Waals surface area contributed by atoms with Crippen molar-refractivity contribution in [3.05, 3.63) is 64.8 Å². The third-order valence-electron chi connectivity index (χ3n) is 8.23. The molecule has 2 heterocycles. The highest BCUT2D eigenvalue weighted by atomic mass is 16.3. The molecule has 2 N–H and O–H groups in total. The summed E-state index contributed by atoms with van der Waals surface area (Å²) in [7, 11) is 0. The van der Waals surface area contributed by atoms with E-state index >= 15 is 0 Å². The second kappa shape index (κ2) is 9.50. The number of nitrogens with zero attached hydrogens (tertiary/aromatic N) is 3. The van der Waals surface area contributed by atoms with Crippen molar-refractivity contribution in [1.29, 1.82) is 0 Å². The van der Waals surface area contributed by atoms with Gasteiger partial charge >= 0.3 is 0 Å². The molecule has 182 valence electrons. The van der Waals surface area contributed by atoms with Gasteiger partial charge in [0.15, 0.2) is 0 Å². The van der Waals surface area contributed by atoms with Crippen molar-refractivity contribution in [2.24, 2.45) is 5.10 Å². The summed E-state index contributed by atoms with van der Waals surface area (Å²) in [5, 5.41) is 15.0. The number of nitrogens with one attached hydrogen (secondary N) is 1. The number of aromatic hydroxyl groups is 1. The molecular weight excluding hydrogens is 436 g/mol. The number of hydrazone groups is 1. The average molecular weight is 471 g/mol. The molecule has 2 aliphatic carbocycles. The second-order valence-corrected chi connectivity index (χ2v) is 10.4. The number of aromatic nitrogens is 1. The number of amides is 1. The van der Waals surface area contributed by atoms with Crippen LogP contribution in [0.15, 0.2) is 47.6 Å². The van der Waals surface area contributed by atoms with Crippen molar-refractivity contribution in [1.82, 2.24) is 14.9 Å². The molecule has 1 saturated carbocycles. The molecule has 1 aliphatic heterocycles. The molecule has 1 amide bonds. The fraction of sp³-hybridized carbons (Fsp3) is 0.448. The predicted molar refractivity (Wildman–Crippen MR) is 139 cm³/mol. The SMILES string of the molecule is O=C(CN1CCn2c3c(c4cc(C5CCCCC5)ccc42)CCC[C@H]31)NN=Cc1ccc(O)cc1. The quantitative estimate of drug-likeness (QED) is 0.396. The number of aryl methyl sites for hydroxylation is 1. The summed E-state index contributed by atoms with van der Waals surface area (Å²) in [5.74, 6) is 0.848. The molecule has 1 fully saturated rings. The van der Waals surface area contributed by atoms with Crippen molar-refractivity contribution >= 4 is 23.0 Å². The molecule has 0 radical (unpaired) electrons. The first-order chi connectivity index (χ1) is 17.2. The molecule has 1 atom stereocenters. The third-order valence-corrected chi connectivity index (χ3v) is 8.23. The Morgan fingerprint density at radius 1 is 1.03 bits per heavy atom. The molecule has 0 unspecified atom stereocenters. The number of fused-ring (bicyclic) bond motifs is 3. The molecule has 6 rings (SSSR count). The maximum Gasteiger partial charge on any atom is 0.254 e. The lowest BCUT2D eigenvalue weighted by molar-refractivity contribution is -0.123. The van der Waals surface area contributed by atoms with Crippen LogP contribution in [0, 0.1) is 0 Å². The molecule has 6 nitrogen and oxygen atoms in total. The lowest BCUT2D eigenvalue weighted by atomic mass is 9.83. The summed E-state index contributed by atoms with van der Waals surface area (Å²) in [6, 6.07) is 14.3. The van der Waals surface area contributed by atoms with Crippen LogP contribution >= 0.6 is 0 Å². The minimum absolute atomic E-state index is 0.0868. The van der Waals surface area contributed by atoms with Gasteiger partial charge in [-0.05, 0) is 91.1 Å². The molecule has 2 aromatic carbocycles. The van der Waals surface area contributed by atoms with Gasteiger partial charge in [0.25, 0.3) is 5.91 Å². The lowest BCUT2D eigenvalue weighted by Gasteiger charge is -2.39. The van der Waals surface area contributed by atoms with Gasteiger partial charge in [0.1, 0.15) is 5.75 Å². The van der Waals surface area contributed by atoms with Crippen molar-refractivity contribution in [3.8, 4) is 5.75 Å². The summed E-state index contributed by atoms with van der Waals surface area (Å²) in [4.78, 5) is 15.0. The summed E-state index contributed by atoms with van der Waals surface area (Å²) in [5.41, 5.74) is 9.38. The Morgan fingerprint density at radius 2 is 1.86 bits per heavy atom. The highest BCUT2D eigenvalue weighted by molar-refractivity contribution is 5.87. The van der Waals surface area contributed by atoms with Crippen LogP contribution in [-0.2, 0) is 17.8 Å². The molecule has 35 heavy (non-hydrogen) atoms. The zero-order chi connectivity index (χ0) is 23.8. The van der Waals surface area contributed by atoms with E-state index in [-0.39, 0.29) is 11.7 Å². The molecule has 6 heteroatoms. The van der Waals surface area contributed by atoms with Crippen molar-refractivity contribution in [3.63, 3.8) is 0 Å². The Balaban J connectivity index is 1.20. The van der Waals surface area contributed by atoms with Crippen LogP contribution in [0.25, 0.3) is 10.9 Å².